The highest BCUT2D eigenvalue weighted by molar-refractivity contribution is 7.17. The van der Waals surface area contributed by atoms with Crippen molar-refractivity contribution in [3.8, 4) is 5.75 Å². The minimum absolute atomic E-state index is 0.205. The largest absolute Gasteiger partial charge is 0.462 e. The van der Waals surface area contributed by atoms with E-state index in [0.717, 1.165) is 36.1 Å². The molecule has 0 saturated carbocycles. The predicted molar refractivity (Wildman–Crippen MR) is 144 cm³/mol. The summed E-state index contributed by atoms with van der Waals surface area (Å²) in [7, 11) is 0. The number of ether oxygens (including phenoxy) is 2. The predicted octanol–water partition coefficient (Wildman–Crippen LogP) is 4.77. The Bertz CT molecular complexity index is 1400. The first-order valence-electron chi connectivity index (χ1n) is 11.9. The minimum Gasteiger partial charge on any atom is -0.462 e. The molecule has 4 rings (SSSR count). The highest BCUT2D eigenvalue weighted by Crippen LogP contribution is 2.38. The number of nitrogens with one attached hydrogen (secondary N) is 2. The van der Waals surface area contributed by atoms with Crippen LogP contribution < -0.4 is 15.5 Å². The maximum Gasteiger partial charge on any atom is 0.345 e. The number of benzene rings is 2. The Hall–Kier alpha value is -4.02. The van der Waals surface area contributed by atoms with E-state index < -0.39 is 23.8 Å². The molecule has 2 amide bonds. The molecule has 1 heterocycles. The quantitative estimate of drug-likeness (QED) is 0.143. The van der Waals surface area contributed by atoms with Crippen LogP contribution in [-0.2, 0) is 27.2 Å². The number of halogens is 1. The van der Waals surface area contributed by atoms with Crippen LogP contribution >= 0.6 is 22.9 Å². The molecule has 0 bridgehead atoms. The Labute approximate surface area is 227 Å². The van der Waals surface area contributed by atoms with Crippen LogP contribution in [0.25, 0.3) is 0 Å². The van der Waals surface area contributed by atoms with Crippen LogP contribution in [0.2, 0.25) is 5.02 Å². The summed E-state index contributed by atoms with van der Waals surface area (Å²) in [6.07, 6.45) is 4.83. The first kappa shape index (κ1) is 27.0. The SMILES string of the molecule is CCOC(=O)c1c(NC(=O)C(=O)N/N=C/c2ccc(OC(=O)c3ccccc3Cl)cc2)sc2c1CCCC2. The standard InChI is InChI=1S/C27H24ClN3O6S/c1-2-36-27(35)22-19-8-4-6-10-21(19)38-25(22)30-23(32)24(33)31-29-15-16-11-13-17(14-12-16)37-26(34)18-7-3-5-9-20(18)28/h3,5,7,9,11-15H,2,4,6,8,10H2,1H3,(H,30,32)(H,31,33)/b29-15+. The zero-order chi connectivity index (χ0) is 27.1. The van der Waals surface area contributed by atoms with Crippen molar-refractivity contribution in [2.75, 3.05) is 11.9 Å². The van der Waals surface area contributed by atoms with Crippen molar-refractivity contribution in [2.24, 2.45) is 5.10 Å². The number of anilines is 1. The minimum atomic E-state index is -0.993. The van der Waals surface area contributed by atoms with Gasteiger partial charge in [0.2, 0.25) is 0 Å². The fraction of sp³-hybridized carbons (Fsp3) is 0.222. The molecule has 1 aromatic heterocycles. The topological polar surface area (TPSA) is 123 Å². The van der Waals surface area contributed by atoms with Crippen molar-refractivity contribution in [3.05, 3.63) is 80.7 Å². The van der Waals surface area contributed by atoms with Gasteiger partial charge in [-0.1, -0.05) is 23.7 Å². The van der Waals surface area contributed by atoms with Crippen LogP contribution in [0.15, 0.2) is 53.6 Å². The highest BCUT2D eigenvalue weighted by Gasteiger charge is 2.28. The molecule has 0 atom stereocenters. The van der Waals surface area contributed by atoms with Crippen molar-refractivity contribution in [2.45, 2.75) is 32.6 Å². The number of nitrogens with zero attached hydrogens (tertiary/aromatic N) is 1. The molecule has 9 nitrogen and oxygen atoms in total. The molecular weight excluding hydrogens is 530 g/mol. The Kier molecular flexibility index (Phi) is 8.88. The molecule has 0 radical (unpaired) electrons. The summed E-state index contributed by atoms with van der Waals surface area (Å²) in [6.45, 7) is 1.91. The fourth-order valence-corrected chi connectivity index (χ4v) is 5.35. The molecule has 11 heteroatoms. The molecule has 0 spiro atoms. The summed E-state index contributed by atoms with van der Waals surface area (Å²) in [4.78, 5) is 50.6. The van der Waals surface area contributed by atoms with Gasteiger partial charge in [-0.25, -0.2) is 15.0 Å². The summed E-state index contributed by atoms with van der Waals surface area (Å²) >= 11 is 7.31. The zero-order valence-electron chi connectivity index (χ0n) is 20.4. The van der Waals surface area contributed by atoms with E-state index >= 15 is 0 Å². The van der Waals surface area contributed by atoms with Gasteiger partial charge in [0, 0.05) is 4.88 Å². The molecular formula is C27H24ClN3O6S. The molecule has 196 valence electrons. The molecule has 2 N–H and O–H groups in total. The van der Waals surface area contributed by atoms with E-state index in [0.29, 0.717) is 21.9 Å². The lowest BCUT2D eigenvalue weighted by atomic mass is 9.95. The number of hydrogen-bond donors (Lipinski definition) is 2. The van der Waals surface area contributed by atoms with Crippen LogP contribution in [0.5, 0.6) is 5.75 Å². The Balaban J connectivity index is 1.34. The molecule has 3 aromatic rings. The van der Waals surface area contributed by atoms with Crippen molar-refractivity contribution >= 4 is 57.9 Å². The van der Waals surface area contributed by atoms with E-state index in [-0.39, 0.29) is 17.2 Å². The van der Waals surface area contributed by atoms with Crippen molar-refractivity contribution in [1.29, 1.82) is 0 Å². The van der Waals surface area contributed by atoms with Gasteiger partial charge in [-0.2, -0.15) is 5.10 Å². The van der Waals surface area contributed by atoms with Gasteiger partial charge < -0.3 is 14.8 Å². The third-order valence-corrected chi connectivity index (χ3v) is 7.19. The average molecular weight is 554 g/mol. The van der Waals surface area contributed by atoms with Crippen molar-refractivity contribution < 1.29 is 28.7 Å². The van der Waals surface area contributed by atoms with E-state index in [9.17, 15) is 19.2 Å². The fourth-order valence-electron chi connectivity index (χ4n) is 3.86. The molecule has 2 aromatic carbocycles. The van der Waals surface area contributed by atoms with Crippen LogP contribution in [-0.4, -0.2) is 36.6 Å². The van der Waals surface area contributed by atoms with E-state index in [1.807, 2.05) is 0 Å². The number of fused-ring (bicyclic) bond motifs is 1. The van der Waals surface area contributed by atoms with Gasteiger partial charge in [0.05, 0.1) is 29.0 Å². The lowest BCUT2D eigenvalue weighted by Crippen LogP contribution is -2.32. The number of aryl methyl sites for hydroxylation is 1. The molecule has 1 aliphatic carbocycles. The van der Waals surface area contributed by atoms with Gasteiger partial charge in [0.25, 0.3) is 0 Å². The van der Waals surface area contributed by atoms with Crippen molar-refractivity contribution in [1.82, 2.24) is 5.43 Å². The molecule has 0 saturated heterocycles. The molecule has 0 unspecified atom stereocenters. The second kappa shape index (κ2) is 12.5. The summed E-state index contributed by atoms with van der Waals surface area (Å²) in [5.41, 5.74) is 4.21. The summed E-state index contributed by atoms with van der Waals surface area (Å²) in [5, 5.41) is 6.94. The van der Waals surface area contributed by atoms with E-state index in [1.165, 1.54) is 17.6 Å². The van der Waals surface area contributed by atoms with Gasteiger partial charge in [0.15, 0.2) is 0 Å². The van der Waals surface area contributed by atoms with Crippen LogP contribution in [0.3, 0.4) is 0 Å². The highest BCUT2D eigenvalue weighted by atomic mass is 35.5. The third-order valence-electron chi connectivity index (χ3n) is 5.65. The number of rotatable bonds is 7. The second-order valence-electron chi connectivity index (χ2n) is 8.23. The van der Waals surface area contributed by atoms with E-state index in [4.69, 9.17) is 21.1 Å². The summed E-state index contributed by atoms with van der Waals surface area (Å²) < 4.78 is 10.5. The lowest BCUT2D eigenvalue weighted by molar-refractivity contribution is -0.136. The molecule has 38 heavy (non-hydrogen) atoms. The molecule has 1 aliphatic rings. The molecule has 0 aliphatic heterocycles. The van der Waals surface area contributed by atoms with Gasteiger partial charge in [-0.15, -0.1) is 11.3 Å². The third kappa shape index (κ3) is 6.45. The van der Waals surface area contributed by atoms with Gasteiger partial charge in [-0.05, 0) is 80.1 Å². The van der Waals surface area contributed by atoms with Crippen LogP contribution in [0, 0.1) is 0 Å². The summed E-state index contributed by atoms with van der Waals surface area (Å²) in [5.74, 6) is -2.75. The number of hydrazone groups is 1. The van der Waals surface area contributed by atoms with E-state index in [1.54, 1.807) is 55.5 Å². The smallest absolute Gasteiger partial charge is 0.345 e. The Morgan fingerprint density at radius 3 is 2.47 bits per heavy atom. The average Bonchev–Trinajstić information content (AvgIpc) is 3.27. The Morgan fingerprint density at radius 1 is 1.00 bits per heavy atom. The number of carbonyl (C=O) groups is 4. The van der Waals surface area contributed by atoms with Gasteiger partial charge in [0.1, 0.15) is 10.8 Å². The molecule has 0 fully saturated rings. The number of amides is 2. The maximum atomic E-state index is 12.5. The summed E-state index contributed by atoms with van der Waals surface area (Å²) in [6, 6.07) is 12.9. The van der Waals surface area contributed by atoms with Gasteiger partial charge in [-0.3, -0.25) is 9.59 Å². The zero-order valence-corrected chi connectivity index (χ0v) is 22.0. The lowest BCUT2D eigenvalue weighted by Gasteiger charge is -2.12. The first-order valence-corrected chi connectivity index (χ1v) is 13.1. The monoisotopic (exact) mass is 553 g/mol. The number of carbonyl (C=O) groups excluding carboxylic acids is 4. The number of hydrogen-bond acceptors (Lipinski definition) is 8. The normalized spacial score (nSPS) is 12.5. The van der Waals surface area contributed by atoms with Gasteiger partial charge >= 0.3 is 23.8 Å². The van der Waals surface area contributed by atoms with Crippen molar-refractivity contribution in [3.63, 3.8) is 0 Å². The van der Waals surface area contributed by atoms with Crippen LogP contribution in [0.4, 0.5) is 5.00 Å². The Morgan fingerprint density at radius 2 is 1.74 bits per heavy atom. The maximum absolute atomic E-state index is 12.5. The van der Waals surface area contributed by atoms with Crippen LogP contribution in [0.1, 0.15) is 56.5 Å². The number of esters is 2. The number of thiophene rings is 1. The first-order chi connectivity index (χ1) is 18.4. The van der Waals surface area contributed by atoms with E-state index in [2.05, 4.69) is 15.8 Å². The second-order valence-corrected chi connectivity index (χ2v) is 9.74.